The van der Waals surface area contributed by atoms with Crippen molar-refractivity contribution >= 4 is 0 Å². The molecule has 0 radical (unpaired) electrons. The highest BCUT2D eigenvalue weighted by Crippen LogP contribution is 2.73. The van der Waals surface area contributed by atoms with E-state index in [4.69, 9.17) is 0 Å². The third kappa shape index (κ3) is 2.90. The quantitative estimate of drug-likeness (QED) is 0.504. The molecule has 2 saturated carbocycles. The average molecular weight is 472 g/mol. The molecular weight excluding hydrogens is 430 g/mol. The summed E-state index contributed by atoms with van der Waals surface area (Å²) in [6, 6.07) is 0. The number of aliphatic hydroxyl groups excluding tert-OH is 3. The van der Waals surface area contributed by atoms with Crippen molar-refractivity contribution in [3.05, 3.63) is 35.2 Å². The first-order valence-electron chi connectivity index (χ1n) is 12.7. The molecule has 4 aliphatic rings. The van der Waals surface area contributed by atoms with Gasteiger partial charge in [-0.15, -0.1) is 5.10 Å². The molecule has 1 aromatic heterocycles. The van der Waals surface area contributed by atoms with Gasteiger partial charge in [0.05, 0.1) is 24.9 Å². The van der Waals surface area contributed by atoms with Crippen molar-refractivity contribution in [1.29, 1.82) is 0 Å². The summed E-state index contributed by atoms with van der Waals surface area (Å²) in [5.41, 5.74) is -0.550. The van der Waals surface area contributed by atoms with E-state index in [9.17, 15) is 20.4 Å². The molecule has 2 bridgehead atoms. The van der Waals surface area contributed by atoms with Crippen LogP contribution in [0.1, 0.15) is 60.6 Å². The Morgan fingerprint density at radius 2 is 1.88 bits per heavy atom. The van der Waals surface area contributed by atoms with Crippen LogP contribution in [0.5, 0.6) is 0 Å². The lowest BCUT2D eigenvalue weighted by Gasteiger charge is -2.53. The zero-order chi connectivity index (χ0) is 25.0. The lowest BCUT2D eigenvalue weighted by atomic mass is 9.56. The van der Waals surface area contributed by atoms with Gasteiger partial charge in [-0.2, -0.15) is 0 Å². The number of fused-ring (bicyclic) bond motifs is 3. The van der Waals surface area contributed by atoms with Gasteiger partial charge in [0.25, 0.3) is 0 Å². The molecule has 0 aromatic carbocycles. The van der Waals surface area contributed by atoms with E-state index in [2.05, 4.69) is 57.9 Å². The fourth-order valence-corrected chi connectivity index (χ4v) is 8.07. The summed E-state index contributed by atoms with van der Waals surface area (Å²) in [5, 5.41) is 55.3. The Bertz CT molecular complexity index is 1050. The van der Waals surface area contributed by atoms with Gasteiger partial charge >= 0.3 is 0 Å². The van der Waals surface area contributed by atoms with Gasteiger partial charge in [-0.25, -0.2) is 0 Å². The maximum Gasteiger partial charge on any atom is 0.114 e. The fraction of sp³-hybridized carbons (Fsp3) is 0.778. The minimum atomic E-state index is -1.67. The number of rotatable bonds is 3. The van der Waals surface area contributed by atoms with E-state index in [1.807, 2.05) is 19.2 Å². The van der Waals surface area contributed by atoms with Crippen molar-refractivity contribution in [3.8, 4) is 0 Å². The van der Waals surface area contributed by atoms with Gasteiger partial charge < -0.3 is 20.4 Å². The van der Waals surface area contributed by atoms with Crippen molar-refractivity contribution in [2.75, 3.05) is 6.61 Å². The SMILES string of the molecule is CC1=C[C@]23C(O)[C@@H](C=C(CO)C(O)C2(O)[C@H]1Cn1cc(C(C)(C)C)nn1)[C@H]1[C@@H](C[C@H]3C)C1(C)C. The zero-order valence-electron chi connectivity index (χ0n) is 21.5. The summed E-state index contributed by atoms with van der Waals surface area (Å²) >= 11 is 0. The molecule has 2 fully saturated rings. The molecule has 3 unspecified atom stereocenters. The number of hydrogen-bond donors (Lipinski definition) is 4. The first-order chi connectivity index (χ1) is 15.7. The van der Waals surface area contributed by atoms with E-state index in [-0.39, 0.29) is 35.2 Å². The van der Waals surface area contributed by atoms with Crippen LogP contribution in [0.15, 0.2) is 29.5 Å². The van der Waals surface area contributed by atoms with E-state index in [0.717, 1.165) is 17.7 Å². The van der Waals surface area contributed by atoms with E-state index in [0.29, 0.717) is 18.0 Å². The molecular formula is C27H41N3O4. The molecule has 4 aliphatic carbocycles. The molecule has 188 valence electrons. The molecule has 0 amide bonds. The maximum atomic E-state index is 12.6. The Labute approximate surface area is 202 Å². The Balaban J connectivity index is 1.63. The van der Waals surface area contributed by atoms with E-state index in [1.54, 1.807) is 4.68 Å². The van der Waals surface area contributed by atoms with Crippen LogP contribution in [0.2, 0.25) is 0 Å². The molecule has 7 nitrogen and oxygen atoms in total. The number of nitrogens with zero attached hydrogens (tertiary/aromatic N) is 3. The molecule has 5 rings (SSSR count). The van der Waals surface area contributed by atoms with Gasteiger partial charge in [0.15, 0.2) is 0 Å². The second kappa shape index (κ2) is 7.25. The monoisotopic (exact) mass is 471 g/mol. The Morgan fingerprint density at radius 1 is 1.21 bits per heavy atom. The van der Waals surface area contributed by atoms with E-state index in [1.165, 1.54) is 0 Å². The Morgan fingerprint density at radius 3 is 2.47 bits per heavy atom. The van der Waals surface area contributed by atoms with Crippen molar-refractivity contribution < 1.29 is 20.4 Å². The summed E-state index contributed by atoms with van der Waals surface area (Å²) in [6.45, 7) is 14.8. The molecule has 1 aromatic rings. The molecule has 34 heavy (non-hydrogen) atoms. The first-order valence-corrected chi connectivity index (χ1v) is 12.7. The summed E-state index contributed by atoms with van der Waals surface area (Å²) in [6.07, 6.45) is 4.57. The normalized spacial score (nSPS) is 45.0. The van der Waals surface area contributed by atoms with Gasteiger partial charge in [-0.1, -0.05) is 64.5 Å². The first kappa shape index (κ1) is 24.2. The summed E-state index contributed by atoms with van der Waals surface area (Å²) in [4.78, 5) is 0. The van der Waals surface area contributed by atoms with Gasteiger partial charge in [0, 0.05) is 28.9 Å². The minimum absolute atomic E-state index is 0.0475. The standard InChI is InChI=1S/C27H41N3O4/c1-14-10-26-15(2)8-18-21(25(18,6)7)17(23(26)33)9-16(13-31)22(32)27(26,34)19(14)11-30-12-20(28-29-30)24(3,4)5/h9-10,12,15,17-19,21-23,31-34H,8,11,13H2,1-7H3/t15-,17+,18-,19+,21+,22?,23?,26+,27?/m1/s1. The zero-order valence-corrected chi connectivity index (χ0v) is 21.5. The highest BCUT2D eigenvalue weighted by molar-refractivity contribution is 5.42. The smallest absolute Gasteiger partial charge is 0.114 e. The topological polar surface area (TPSA) is 112 Å². The van der Waals surface area contributed by atoms with Gasteiger partial charge in [-0.3, -0.25) is 4.68 Å². The van der Waals surface area contributed by atoms with Gasteiger partial charge in [-0.05, 0) is 42.1 Å². The Kier molecular flexibility index (Phi) is 5.15. The van der Waals surface area contributed by atoms with Gasteiger partial charge in [0.1, 0.15) is 11.7 Å². The molecule has 1 heterocycles. The average Bonchev–Trinajstić information content (AvgIpc) is 3.07. The van der Waals surface area contributed by atoms with Gasteiger partial charge in [0.2, 0.25) is 0 Å². The Hall–Kier alpha value is -1.54. The predicted octanol–water partition coefficient (Wildman–Crippen LogP) is 2.45. The largest absolute Gasteiger partial charge is 0.392 e. The second-order valence-corrected chi connectivity index (χ2v) is 13.2. The van der Waals surface area contributed by atoms with E-state index < -0.39 is 29.1 Å². The third-order valence-electron chi connectivity index (χ3n) is 10.1. The van der Waals surface area contributed by atoms with Crippen LogP contribution in [0.25, 0.3) is 0 Å². The summed E-state index contributed by atoms with van der Waals surface area (Å²) < 4.78 is 1.74. The predicted molar refractivity (Wildman–Crippen MR) is 129 cm³/mol. The summed E-state index contributed by atoms with van der Waals surface area (Å²) in [5.74, 6) is -0.0520. The molecule has 0 saturated heterocycles. The highest BCUT2D eigenvalue weighted by Gasteiger charge is 2.75. The van der Waals surface area contributed by atoms with Crippen molar-refractivity contribution in [2.45, 2.75) is 84.7 Å². The molecule has 0 aliphatic heterocycles. The van der Waals surface area contributed by atoms with Crippen molar-refractivity contribution in [1.82, 2.24) is 15.0 Å². The van der Waals surface area contributed by atoms with Crippen LogP contribution in [-0.4, -0.2) is 59.8 Å². The van der Waals surface area contributed by atoms with Crippen LogP contribution in [-0.2, 0) is 12.0 Å². The van der Waals surface area contributed by atoms with Crippen LogP contribution in [0.3, 0.4) is 0 Å². The van der Waals surface area contributed by atoms with E-state index >= 15 is 0 Å². The maximum absolute atomic E-state index is 12.6. The van der Waals surface area contributed by atoms with Crippen LogP contribution >= 0.6 is 0 Å². The third-order valence-corrected chi connectivity index (χ3v) is 10.1. The minimum Gasteiger partial charge on any atom is -0.392 e. The number of aromatic nitrogens is 3. The lowest BCUT2D eigenvalue weighted by molar-refractivity contribution is -0.203. The molecule has 7 heteroatoms. The van der Waals surface area contributed by atoms with Crippen molar-refractivity contribution in [2.24, 2.45) is 40.4 Å². The summed E-state index contributed by atoms with van der Waals surface area (Å²) in [7, 11) is 0. The van der Waals surface area contributed by atoms with Crippen LogP contribution in [0, 0.1) is 40.4 Å². The number of hydrogen-bond acceptors (Lipinski definition) is 6. The lowest BCUT2D eigenvalue weighted by Crippen LogP contribution is -2.65. The molecule has 4 N–H and O–H groups in total. The second-order valence-electron chi connectivity index (χ2n) is 13.2. The molecule has 1 spiro atoms. The number of aliphatic hydroxyl groups is 4. The van der Waals surface area contributed by atoms with Crippen LogP contribution < -0.4 is 0 Å². The molecule has 9 atom stereocenters. The van der Waals surface area contributed by atoms with Crippen molar-refractivity contribution in [3.63, 3.8) is 0 Å². The van der Waals surface area contributed by atoms with Crippen LogP contribution in [0.4, 0.5) is 0 Å². The highest BCUT2D eigenvalue weighted by atomic mass is 16.4. The fourth-order valence-electron chi connectivity index (χ4n) is 8.07.